The average molecular weight is 365 g/mol. The van der Waals surface area contributed by atoms with Crippen LogP contribution in [0.5, 0.6) is 0 Å². The van der Waals surface area contributed by atoms with Crippen LogP contribution >= 0.6 is 11.3 Å². The number of aromatic carboxylic acids is 1. The fourth-order valence-corrected chi connectivity index (χ4v) is 2.85. The topological polar surface area (TPSA) is 98.3 Å². The smallest absolute Gasteiger partial charge is 0.265 e. The van der Waals surface area contributed by atoms with Crippen LogP contribution in [-0.2, 0) is 0 Å². The number of hydrogen-bond acceptors (Lipinski definition) is 5. The molecule has 26 heavy (non-hydrogen) atoms. The van der Waals surface area contributed by atoms with Gasteiger partial charge in [0.1, 0.15) is 0 Å². The van der Waals surface area contributed by atoms with Crippen molar-refractivity contribution in [2.24, 2.45) is 0 Å². The molecule has 2 aromatic carbocycles. The largest absolute Gasteiger partial charge is 0.545 e. The minimum atomic E-state index is -1.28. The van der Waals surface area contributed by atoms with E-state index in [1.54, 1.807) is 36.4 Å². The van der Waals surface area contributed by atoms with Crippen LogP contribution in [0.15, 0.2) is 66.0 Å². The first-order chi connectivity index (χ1) is 12.5. The number of nitrogens with one attached hydrogen (secondary N) is 2. The highest BCUT2D eigenvalue weighted by Gasteiger charge is 2.10. The molecule has 0 unspecified atom stereocenters. The standard InChI is InChI=1S/C19H14N2O4S/c22-17(20-14-8-6-12(7-9-14)19(24)25)13-3-1-4-15(11-13)21-18(23)16-5-2-10-26-16/h1-11H,(H,20,22)(H,21,23)(H,24,25)/p-1. The highest BCUT2D eigenvalue weighted by molar-refractivity contribution is 7.12. The Morgan fingerprint density at radius 3 is 2.15 bits per heavy atom. The van der Waals surface area contributed by atoms with Gasteiger partial charge in [0.25, 0.3) is 11.8 Å². The van der Waals surface area contributed by atoms with Gasteiger partial charge in [-0.05, 0) is 47.3 Å². The Balaban J connectivity index is 1.69. The quantitative estimate of drug-likeness (QED) is 0.726. The summed E-state index contributed by atoms with van der Waals surface area (Å²) in [6.07, 6.45) is 0. The molecule has 3 aromatic rings. The summed E-state index contributed by atoms with van der Waals surface area (Å²) < 4.78 is 0. The Kier molecular flexibility index (Phi) is 5.09. The molecule has 2 amide bonds. The second kappa shape index (κ2) is 7.62. The van der Waals surface area contributed by atoms with Crippen molar-refractivity contribution in [1.82, 2.24) is 0 Å². The van der Waals surface area contributed by atoms with Crippen LogP contribution in [0, 0.1) is 0 Å². The monoisotopic (exact) mass is 365 g/mol. The molecular weight excluding hydrogens is 352 g/mol. The Hall–Kier alpha value is -3.45. The van der Waals surface area contributed by atoms with E-state index in [0.29, 0.717) is 21.8 Å². The summed E-state index contributed by atoms with van der Waals surface area (Å²) in [4.78, 5) is 35.7. The lowest BCUT2D eigenvalue weighted by atomic mass is 10.1. The molecular formula is C19H13N2O4S-. The van der Waals surface area contributed by atoms with Crippen molar-refractivity contribution in [3.8, 4) is 0 Å². The molecule has 0 bridgehead atoms. The van der Waals surface area contributed by atoms with E-state index < -0.39 is 5.97 Å². The van der Waals surface area contributed by atoms with Crippen molar-refractivity contribution in [2.45, 2.75) is 0 Å². The van der Waals surface area contributed by atoms with Crippen LogP contribution in [0.1, 0.15) is 30.4 Å². The maximum Gasteiger partial charge on any atom is 0.265 e. The van der Waals surface area contributed by atoms with Crippen LogP contribution in [0.3, 0.4) is 0 Å². The Morgan fingerprint density at radius 2 is 1.50 bits per heavy atom. The van der Waals surface area contributed by atoms with Crippen molar-refractivity contribution in [2.75, 3.05) is 10.6 Å². The number of carboxylic acids is 1. The summed E-state index contributed by atoms with van der Waals surface area (Å²) in [7, 11) is 0. The number of carbonyl (C=O) groups excluding carboxylic acids is 3. The molecule has 3 rings (SSSR count). The van der Waals surface area contributed by atoms with Crippen molar-refractivity contribution >= 4 is 40.5 Å². The van der Waals surface area contributed by atoms with E-state index in [-0.39, 0.29) is 17.4 Å². The molecule has 7 heteroatoms. The molecule has 6 nitrogen and oxygen atoms in total. The molecule has 0 aliphatic rings. The van der Waals surface area contributed by atoms with Crippen LogP contribution < -0.4 is 15.7 Å². The summed E-state index contributed by atoms with van der Waals surface area (Å²) >= 11 is 1.33. The van der Waals surface area contributed by atoms with Crippen LogP contribution in [0.25, 0.3) is 0 Å². The van der Waals surface area contributed by atoms with E-state index in [9.17, 15) is 19.5 Å². The second-order valence-corrected chi connectivity index (χ2v) is 6.28. The lowest BCUT2D eigenvalue weighted by Gasteiger charge is -2.09. The second-order valence-electron chi connectivity index (χ2n) is 5.33. The van der Waals surface area contributed by atoms with E-state index in [1.807, 2.05) is 5.38 Å². The zero-order chi connectivity index (χ0) is 18.5. The number of anilines is 2. The van der Waals surface area contributed by atoms with Crippen molar-refractivity contribution in [3.05, 3.63) is 82.0 Å². The van der Waals surface area contributed by atoms with Gasteiger partial charge in [0.2, 0.25) is 0 Å². The molecule has 0 saturated heterocycles. The van der Waals surface area contributed by atoms with Crippen molar-refractivity contribution in [1.29, 1.82) is 0 Å². The Morgan fingerprint density at radius 1 is 0.769 bits per heavy atom. The molecule has 1 heterocycles. The summed E-state index contributed by atoms with van der Waals surface area (Å²) in [6, 6.07) is 15.7. The number of benzene rings is 2. The van der Waals surface area contributed by atoms with E-state index in [4.69, 9.17) is 0 Å². The zero-order valence-electron chi connectivity index (χ0n) is 13.4. The summed E-state index contributed by atoms with van der Waals surface area (Å²) in [5, 5.41) is 18.0. The first kappa shape index (κ1) is 17.4. The lowest BCUT2D eigenvalue weighted by molar-refractivity contribution is -0.255. The van der Waals surface area contributed by atoms with E-state index >= 15 is 0 Å². The maximum atomic E-state index is 12.3. The fourth-order valence-electron chi connectivity index (χ4n) is 2.23. The average Bonchev–Trinajstić information content (AvgIpc) is 3.17. The molecule has 2 N–H and O–H groups in total. The molecule has 0 aliphatic carbocycles. The fraction of sp³-hybridized carbons (Fsp3) is 0. The van der Waals surface area contributed by atoms with Gasteiger partial charge in [0.15, 0.2) is 0 Å². The number of carboxylic acid groups (broad SMARTS) is 1. The molecule has 0 spiro atoms. The highest BCUT2D eigenvalue weighted by Crippen LogP contribution is 2.16. The predicted molar refractivity (Wildman–Crippen MR) is 97.4 cm³/mol. The molecule has 0 aliphatic heterocycles. The van der Waals surface area contributed by atoms with Gasteiger partial charge < -0.3 is 20.5 Å². The van der Waals surface area contributed by atoms with Gasteiger partial charge >= 0.3 is 0 Å². The van der Waals surface area contributed by atoms with Crippen LogP contribution in [-0.4, -0.2) is 17.8 Å². The van der Waals surface area contributed by atoms with Gasteiger partial charge in [-0.15, -0.1) is 11.3 Å². The normalized spacial score (nSPS) is 10.2. The molecule has 0 atom stereocenters. The maximum absolute atomic E-state index is 12.3. The molecule has 0 fully saturated rings. The first-order valence-electron chi connectivity index (χ1n) is 7.60. The van der Waals surface area contributed by atoms with Crippen molar-refractivity contribution < 1.29 is 19.5 Å². The Labute approximate surface area is 153 Å². The van der Waals surface area contributed by atoms with Gasteiger partial charge in [-0.3, -0.25) is 9.59 Å². The SMILES string of the molecule is O=C([O-])c1ccc(NC(=O)c2cccc(NC(=O)c3cccs3)c2)cc1. The molecule has 0 radical (unpaired) electrons. The van der Waals surface area contributed by atoms with E-state index in [0.717, 1.165) is 0 Å². The lowest BCUT2D eigenvalue weighted by Crippen LogP contribution is -2.22. The minimum absolute atomic E-state index is 0.0290. The van der Waals surface area contributed by atoms with Crippen LogP contribution in [0.2, 0.25) is 0 Å². The van der Waals surface area contributed by atoms with Gasteiger partial charge in [-0.2, -0.15) is 0 Å². The number of carbonyl (C=O) groups is 3. The predicted octanol–water partition coefficient (Wildman–Crippen LogP) is 2.62. The van der Waals surface area contributed by atoms with Gasteiger partial charge in [0.05, 0.1) is 10.8 Å². The highest BCUT2D eigenvalue weighted by atomic mass is 32.1. The Bertz CT molecular complexity index is 950. The molecule has 130 valence electrons. The van der Waals surface area contributed by atoms with Gasteiger partial charge in [-0.25, -0.2) is 0 Å². The number of amides is 2. The summed E-state index contributed by atoms with van der Waals surface area (Å²) in [5.41, 5.74) is 1.34. The third-order valence-corrected chi connectivity index (χ3v) is 4.37. The van der Waals surface area contributed by atoms with Crippen LogP contribution in [0.4, 0.5) is 11.4 Å². The third-order valence-electron chi connectivity index (χ3n) is 3.51. The van der Waals surface area contributed by atoms with Gasteiger partial charge in [-0.1, -0.05) is 24.3 Å². The summed E-state index contributed by atoms with van der Waals surface area (Å²) in [5.74, 6) is -1.90. The number of thiophene rings is 1. The number of rotatable bonds is 5. The van der Waals surface area contributed by atoms with E-state index in [2.05, 4.69) is 10.6 Å². The number of hydrogen-bond donors (Lipinski definition) is 2. The molecule has 1 aromatic heterocycles. The van der Waals surface area contributed by atoms with Gasteiger partial charge in [0, 0.05) is 16.9 Å². The zero-order valence-corrected chi connectivity index (χ0v) is 14.2. The molecule has 0 saturated carbocycles. The van der Waals surface area contributed by atoms with Crippen molar-refractivity contribution in [3.63, 3.8) is 0 Å². The van der Waals surface area contributed by atoms with E-state index in [1.165, 1.54) is 35.6 Å². The minimum Gasteiger partial charge on any atom is -0.545 e. The third kappa shape index (κ3) is 4.14. The first-order valence-corrected chi connectivity index (χ1v) is 8.48. The summed E-state index contributed by atoms with van der Waals surface area (Å²) in [6.45, 7) is 0.